The van der Waals surface area contributed by atoms with Gasteiger partial charge in [-0.3, -0.25) is 0 Å². The predicted molar refractivity (Wildman–Crippen MR) is 74.7 cm³/mol. The molecule has 0 fully saturated rings. The maximum atomic E-state index is 11.6. The first-order valence-electron chi connectivity index (χ1n) is 5.97. The van der Waals surface area contributed by atoms with E-state index in [-0.39, 0.29) is 12.5 Å². The molecule has 0 radical (unpaired) electrons. The minimum Gasteiger partial charge on any atom is -0.467 e. The van der Waals surface area contributed by atoms with Gasteiger partial charge in [0.1, 0.15) is 11.4 Å². The van der Waals surface area contributed by atoms with Gasteiger partial charge in [-0.1, -0.05) is 6.07 Å². The molecule has 7 nitrogen and oxygen atoms in total. The summed E-state index contributed by atoms with van der Waals surface area (Å²) in [6.07, 6.45) is 1.01. The van der Waals surface area contributed by atoms with Gasteiger partial charge in [0.2, 0.25) is 0 Å². The molecule has 0 amide bonds. The summed E-state index contributed by atoms with van der Waals surface area (Å²) < 4.78 is 19.2. The van der Waals surface area contributed by atoms with Crippen LogP contribution in [-0.2, 0) is 23.8 Å². The van der Waals surface area contributed by atoms with Crippen molar-refractivity contribution in [1.82, 2.24) is 0 Å². The van der Waals surface area contributed by atoms with Crippen molar-refractivity contribution >= 4 is 17.6 Å². The van der Waals surface area contributed by atoms with Crippen LogP contribution in [0.4, 0.5) is 5.69 Å². The summed E-state index contributed by atoms with van der Waals surface area (Å²) in [4.78, 5) is 22.9. The number of rotatable bonds is 7. The largest absolute Gasteiger partial charge is 0.467 e. The van der Waals surface area contributed by atoms with Gasteiger partial charge in [0, 0.05) is 18.9 Å². The van der Waals surface area contributed by atoms with Crippen LogP contribution in [0.2, 0.25) is 0 Å². The molecule has 0 heterocycles. The summed E-state index contributed by atoms with van der Waals surface area (Å²) in [5.74, 6) is -0.817. The highest BCUT2D eigenvalue weighted by Gasteiger charge is 2.13. The highest BCUT2D eigenvalue weighted by Crippen LogP contribution is 2.19. The molecule has 0 atom stereocenters. The molecule has 21 heavy (non-hydrogen) atoms. The Labute approximate surface area is 122 Å². The number of nitrogens with one attached hydrogen (secondary N) is 1. The number of carbonyl (C=O) groups excluding carboxylic acids is 2. The van der Waals surface area contributed by atoms with Crippen LogP contribution in [0, 0.1) is 0 Å². The van der Waals surface area contributed by atoms with E-state index in [9.17, 15) is 9.59 Å². The minimum atomic E-state index is -0.691. The van der Waals surface area contributed by atoms with Crippen molar-refractivity contribution in [3.05, 3.63) is 36.0 Å². The van der Waals surface area contributed by atoms with Crippen molar-refractivity contribution in [2.24, 2.45) is 0 Å². The molecule has 1 rings (SSSR count). The lowest BCUT2D eigenvalue weighted by atomic mass is 10.2. The lowest BCUT2D eigenvalue weighted by molar-refractivity contribution is -0.138. The van der Waals surface area contributed by atoms with E-state index >= 15 is 0 Å². The molecule has 114 valence electrons. The molecular formula is C14H17NO6. The Morgan fingerprint density at radius 2 is 1.95 bits per heavy atom. The normalized spacial score (nSPS) is 10.7. The molecule has 0 bridgehead atoms. The molecular weight excluding hydrogens is 278 g/mol. The van der Waals surface area contributed by atoms with E-state index in [1.807, 2.05) is 0 Å². The Hall–Kier alpha value is -2.54. The Bertz CT molecular complexity index is 526. The van der Waals surface area contributed by atoms with Crippen molar-refractivity contribution in [3.8, 4) is 5.75 Å². The van der Waals surface area contributed by atoms with Crippen molar-refractivity contribution in [1.29, 1.82) is 0 Å². The Morgan fingerprint density at radius 3 is 2.57 bits per heavy atom. The van der Waals surface area contributed by atoms with Gasteiger partial charge in [-0.25, -0.2) is 9.59 Å². The van der Waals surface area contributed by atoms with Gasteiger partial charge in [0.05, 0.1) is 20.3 Å². The highest BCUT2D eigenvalue weighted by atomic mass is 16.7. The highest BCUT2D eigenvalue weighted by molar-refractivity contribution is 5.98. The first kappa shape index (κ1) is 16.5. The van der Waals surface area contributed by atoms with Crippen molar-refractivity contribution < 1.29 is 28.5 Å². The van der Waals surface area contributed by atoms with Gasteiger partial charge in [-0.05, 0) is 12.1 Å². The molecule has 1 N–H and O–H groups in total. The molecule has 7 heteroatoms. The molecule has 1 aromatic carbocycles. The first-order valence-corrected chi connectivity index (χ1v) is 5.97. The topological polar surface area (TPSA) is 83.1 Å². The fourth-order valence-corrected chi connectivity index (χ4v) is 1.38. The van der Waals surface area contributed by atoms with E-state index in [0.29, 0.717) is 11.4 Å². The van der Waals surface area contributed by atoms with E-state index in [1.54, 1.807) is 24.3 Å². The van der Waals surface area contributed by atoms with Crippen LogP contribution < -0.4 is 10.1 Å². The summed E-state index contributed by atoms with van der Waals surface area (Å²) in [6.45, 7) is 0.102. The van der Waals surface area contributed by atoms with E-state index in [4.69, 9.17) is 9.47 Å². The van der Waals surface area contributed by atoms with Crippen molar-refractivity contribution in [2.45, 2.75) is 0 Å². The Balaban J connectivity index is 2.90. The van der Waals surface area contributed by atoms with Gasteiger partial charge < -0.3 is 24.3 Å². The van der Waals surface area contributed by atoms with Crippen molar-refractivity contribution in [2.75, 3.05) is 33.4 Å². The third-order valence-electron chi connectivity index (χ3n) is 2.33. The number of esters is 2. The number of ether oxygens (including phenoxy) is 4. The molecule has 0 aliphatic rings. The van der Waals surface area contributed by atoms with E-state index < -0.39 is 11.9 Å². The Kier molecular flexibility index (Phi) is 6.76. The van der Waals surface area contributed by atoms with Crippen LogP contribution in [-0.4, -0.2) is 40.1 Å². The third kappa shape index (κ3) is 5.53. The summed E-state index contributed by atoms with van der Waals surface area (Å²) in [7, 11) is 3.94. The first-order chi connectivity index (χ1) is 10.1. The smallest absolute Gasteiger partial charge is 0.354 e. The average molecular weight is 295 g/mol. The number of hydrogen-bond donors (Lipinski definition) is 1. The summed E-state index contributed by atoms with van der Waals surface area (Å²) in [5.41, 5.74) is 0.498. The zero-order valence-corrected chi connectivity index (χ0v) is 12.0. The fraction of sp³-hybridized carbons (Fsp3) is 0.286. The van der Waals surface area contributed by atoms with Crippen LogP contribution in [0.25, 0.3) is 0 Å². The van der Waals surface area contributed by atoms with Gasteiger partial charge >= 0.3 is 11.9 Å². The SMILES string of the molecule is COCOc1cccc(N/C(=C/C(=O)OC)C(=O)OC)c1. The van der Waals surface area contributed by atoms with Gasteiger partial charge in [-0.2, -0.15) is 0 Å². The molecule has 1 aromatic rings. The fourth-order valence-electron chi connectivity index (χ4n) is 1.38. The lowest BCUT2D eigenvalue weighted by Crippen LogP contribution is -2.15. The van der Waals surface area contributed by atoms with Crippen LogP contribution in [0.5, 0.6) is 5.75 Å². The summed E-state index contributed by atoms with van der Waals surface area (Å²) in [5, 5.41) is 2.78. The number of anilines is 1. The number of hydrogen-bond acceptors (Lipinski definition) is 7. The van der Waals surface area contributed by atoms with E-state index in [0.717, 1.165) is 6.08 Å². The quantitative estimate of drug-likeness (QED) is 0.461. The maximum absolute atomic E-state index is 11.6. The van der Waals surface area contributed by atoms with Gasteiger partial charge in [0.15, 0.2) is 6.79 Å². The number of carbonyl (C=O) groups is 2. The lowest BCUT2D eigenvalue weighted by Gasteiger charge is -2.11. The monoisotopic (exact) mass is 295 g/mol. The second kappa shape index (κ2) is 8.60. The molecule has 0 unspecified atom stereocenters. The van der Waals surface area contributed by atoms with Crippen LogP contribution in [0.15, 0.2) is 36.0 Å². The van der Waals surface area contributed by atoms with E-state index in [1.165, 1.54) is 21.3 Å². The third-order valence-corrected chi connectivity index (χ3v) is 2.33. The predicted octanol–water partition coefficient (Wildman–Crippen LogP) is 1.31. The zero-order valence-electron chi connectivity index (χ0n) is 12.0. The Morgan fingerprint density at radius 1 is 1.19 bits per heavy atom. The average Bonchev–Trinajstić information content (AvgIpc) is 2.51. The van der Waals surface area contributed by atoms with E-state index in [2.05, 4.69) is 14.8 Å². The molecule has 0 saturated carbocycles. The summed E-state index contributed by atoms with van der Waals surface area (Å²) >= 11 is 0. The van der Waals surface area contributed by atoms with Gasteiger partial charge in [-0.15, -0.1) is 0 Å². The van der Waals surface area contributed by atoms with Crippen LogP contribution in [0.1, 0.15) is 0 Å². The second-order valence-electron chi connectivity index (χ2n) is 3.78. The molecule has 0 spiro atoms. The molecule has 0 aliphatic heterocycles. The number of methoxy groups -OCH3 is 3. The van der Waals surface area contributed by atoms with Gasteiger partial charge in [0.25, 0.3) is 0 Å². The second-order valence-corrected chi connectivity index (χ2v) is 3.78. The molecule has 0 saturated heterocycles. The standard InChI is InChI=1S/C14H17NO6/c1-18-9-21-11-6-4-5-10(7-11)15-12(14(17)20-3)8-13(16)19-2/h4-8,15H,9H2,1-3H3/b12-8+. The zero-order chi connectivity index (χ0) is 15.7. The van der Waals surface area contributed by atoms with Crippen LogP contribution in [0.3, 0.4) is 0 Å². The summed E-state index contributed by atoms with van der Waals surface area (Å²) in [6, 6.07) is 6.80. The maximum Gasteiger partial charge on any atom is 0.354 e. The molecule has 0 aliphatic carbocycles. The van der Waals surface area contributed by atoms with Crippen LogP contribution >= 0.6 is 0 Å². The molecule has 0 aromatic heterocycles. The number of benzene rings is 1. The minimum absolute atomic E-state index is 0.0479. The van der Waals surface area contributed by atoms with Crippen molar-refractivity contribution in [3.63, 3.8) is 0 Å².